The summed E-state index contributed by atoms with van der Waals surface area (Å²) in [7, 11) is 3.22. The minimum Gasteiger partial charge on any atom is -0.383 e. The van der Waals surface area contributed by atoms with Crippen molar-refractivity contribution in [3.05, 3.63) is 59.1 Å². The average Bonchev–Trinajstić information content (AvgIpc) is 2.73. The monoisotopic (exact) mass is 409 g/mol. The van der Waals surface area contributed by atoms with E-state index in [0.717, 1.165) is 0 Å². The van der Waals surface area contributed by atoms with Crippen LogP contribution in [0.15, 0.2) is 53.6 Å². The van der Waals surface area contributed by atoms with Crippen LogP contribution in [-0.4, -0.2) is 42.3 Å². The molecule has 3 aromatic rings. The van der Waals surface area contributed by atoms with E-state index in [1.54, 1.807) is 56.6 Å². The van der Waals surface area contributed by atoms with Gasteiger partial charge in [-0.1, -0.05) is 6.07 Å². The van der Waals surface area contributed by atoms with Gasteiger partial charge in [0.2, 0.25) is 5.91 Å². The Bertz CT molecular complexity index is 1140. The van der Waals surface area contributed by atoms with Gasteiger partial charge in [0.15, 0.2) is 0 Å². The highest BCUT2D eigenvalue weighted by Crippen LogP contribution is 2.19. The molecule has 9 heteroatoms. The minimum atomic E-state index is -0.472. The van der Waals surface area contributed by atoms with Gasteiger partial charge in [-0.05, 0) is 36.4 Å². The van der Waals surface area contributed by atoms with Gasteiger partial charge < -0.3 is 20.3 Å². The first-order valence-corrected chi connectivity index (χ1v) is 9.29. The van der Waals surface area contributed by atoms with Crippen molar-refractivity contribution in [1.29, 1.82) is 0 Å². The van der Waals surface area contributed by atoms with Crippen LogP contribution in [0.4, 0.5) is 21.9 Å². The number of aromatic nitrogens is 2. The first-order valence-electron chi connectivity index (χ1n) is 9.29. The number of ether oxygens (including phenoxy) is 1. The Morgan fingerprint density at radius 2 is 1.87 bits per heavy atom. The van der Waals surface area contributed by atoms with Gasteiger partial charge in [0.05, 0.1) is 30.4 Å². The van der Waals surface area contributed by atoms with E-state index in [2.05, 4.69) is 15.6 Å². The summed E-state index contributed by atoms with van der Waals surface area (Å²) in [5.74, 6) is -0.113. The molecule has 1 heterocycles. The summed E-state index contributed by atoms with van der Waals surface area (Å²) in [5, 5.41) is 5.84. The van der Waals surface area contributed by atoms with Crippen LogP contribution in [0.5, 0.6) is 0 Å². The fourth-order valence-electron chi connectivity index (χ4n) is 2.85. The van der Waals surface area contributed by atoms with Gasteiger partial charge in [0.25, 0.3) is 5.56 Å². The van der Waals surface area contributed by atoms with E-state index in [0.29, 0.717) is 41.1 Å². The van der Waals surface area contributed by atoms with Crippen LogP contribution in [0, 0.1) is 0 Å². The SMILES string of the molecule is COCCn1cnc2ccc(NC(=O)Nc3cccc(N(C)C(C)=O)c3)cc2c1=O. The van der Waals surface area contributed by atoms with Crippen LogP contribution in [0.2, 0.25) is 0 Å². The number of anilines is 3. The van der Waals surface area contributed by atoms with Crippen molar-refractivity contribution in [1.82, 2.24) is 9.55 Å². The van der Waals surface area contributed by atoms with Gasteiger partial charge in [-0.2, -0.15) is 0 Å². The normalized spacial score (nSPS) is 10.6. The molecule has 0 saturated heterocycles. The lowest BCUT2D eigenvalue weighted by Crippen LogP contribution is -2.24. The highest BCUT2D eigenvalue weighted by molar-refractivity contribution is 6.01. The van der Waals surface area contributed by atoms with Crippen LogP contribution in [-0.2, 0) is 16.1 Å². The molecule has 0 bridgehead atoms. The molecule has 3 amide bonds. The fraction of sp³-hybridized carbons (Fsp3) is 0.238. The zero-order valence-corrected chi connectivity index (χ0v) is 17.0. The van der Waals surface area contributed by atoms with Gasteiger partial charge in [0, 0.05) is 38.1 Å². The largest absolute Gasteiger partial charge is 0.383 e. The Labute approximate surface area is 173 Å². The molecule has 2 N–H and O–H groups in total. The third-order valence-corrected chi connectivity index (χ3v) is 4.58. The quantitative estimate of drug-likeness (QED) is 0.651. The van der Waals surface area contributed by atoms with Crippen molar-refractivity contribution in [2.75, 3.05) is 36.3 Å². The van der Waals surface area contributed by atoms with Gasteiger partial charge in [-0.25, -0.2) is 9.78 Å². The summed E-state index contributed by atoms with van der Waals surface area (Å²) in [6, 6.07) is 11.4. The fourth-order valence-corrected chi connectivity index (χ4v) is 2.85. The number of fused-ring (bicyclic) bond motifs is 1. The average molecular weight is 409 g/mol. The maximum absolute atomic E-state index is 12.6. The van der Waals surface area contributed by atoms with Crippen molar-refractivity contribution in [2.45, 2.75) is 13.5 Å². The van der Waals surface area contributed by atoms with Gasteiger partial charge in [-0.15, -0.1) is 0 Å². The molecular weight excluding hydrogens is 386 g/mol. The van der Waals surface area contributed by atoms with E-state index in [4.69, 9.17) is 4.74 Å². The molecule has 1 aromatic heterocycles. The third kappa shape index (κ3) is 4.81. The number of carbonyl (C=O) groups is 2. The van der Waals surface area contributed by atoms with E-state index in [1.165, 1.54) is 22.7 Å². The summed E-state index contributed by atoms with van der Waals surface area (Å²) in [6.07, 6.45) is 1.48. The zero-order valence-electron chi connectivity index (χ0n) is 17.0. The van der Waals surface area contributed by atoms with Crippen molar-refractivity contribution >= 4 is 39.9 Å². The lowest BCUT2D eigenvalue weighted by Gasteiger charge is -2.16. The first kappa shape index (κ1) is 21.0. The number of methoxy groups -OCH3 is 1. The molecule has 0 aliphatic carbocycles. The summed E-state index contributed by atoms with van der Waals surface area (Å²) < 4.78 is 6.47. The van der Waals surface area contributed by atoms with Crippen molar-refractivity contribution < 1.29 is 14.3 Å². The van der Waals surface area contributed by atoms with Gasteiger partial charge in [-0.3, -0.25) is 14.2 Å². The Hall–Kier alpha value is -3.72. The molecule has 156 valence electrons. The van der Waals surface area contributed by atoms with E-state index in [9.17, 15) is 14.4 Å². The van der Waals surface area contributed by atoms with Crippen LogP contribution in [0.3, 0.4) is 0 Å². The zero-order chi connectivity index (χ0) is 21.7. The number of urea groups is 1. The second-order valence-electron chi connectivity index (χ2n) is 6.68. The van der Waals surface area contributed by atoms with Gasteiger partial charge in [0.1, 0.15) is 0 Å². The second-order valence-corrected chi connectivity index (χ2v) is 6.68. The lowest BCUT2D eigenvalue weighted by molar-refractivity contribution is -0.116. The van der Waals surface area contributed by atoms with E-state index >= 15 is 0 Å². The second kappa shape index (κ2) is 9.19. The number of nitrogens with zero attached hydrogens (tertiary/aromatic N) is 3. The predicted molar refractivity (Wildman–Crippen MR) is 116 cm³/mol. The van der Waals surface area contributed by atoms with Crippen molar-refractivity contribution in [2.24, 2.45) is 0 Å². The molecule has 2 aromatic carbocycles. The van der Waals surface area contributed by atoms with E-state index in [1.807, 2.05) is 0 Å². The van der Waals surface area contributed by atoms with E-state index < -0.39 is 6.03 Å². The number of benzene rings is 2. The van der Waals surface area contributed by atoms with Crippen LogP contribution < -0.4 is 21.1 Å². The van der Waals surface area contributed by atoms with Crippen LogP contribution in [0.25, 0.3) is 10.9 Å². The van der Waals surface area contributed by atoms with Crippen LogP contribution in [0.1, 0.15) is 6.92 Å². The number of rotatable bonds is 6. The van der Waals surface area contributed by atoms with Crippen molar-refractivity contribution in [3.8, 4) is 0 Å². The molecular formula is C21H23N5O4. The summed E-state index contributed by atoms with van der Waals surface area (Å²) in [5.41, 5.74) is 1.98. The van der Waals surface area contributed by atoms with Crippen molar-refractivity contribution in [3.63, 3.8) is 0 Å². The molecule has 0 spiro atoms. The molecule has 0 fully saturated rings. The number of hydrogen-bond acceptors (Lipinski definition) is 5. The Balaban J connectivity index is 1.76. The number of nitrogens with one attached hydrogen (secondary N) is 2. The molecule has 9 nitrogen and oxygen atoms in total. The molecule has 0 saturated carbocycles. The first-order chi connectivity index (χ1) is 14.4. The molecule has 0 aliphatic rings. The predicted octanol–water partition coefficient (Wildman–Crippen LogP) is 2.67. The summed E-state index contributed by atoms with van der Waals surface area (Å²) >= 11 is 0. The molecule has 0 unspecified atom stereocenters. The minimum absolute atomic E-state index is 0.113. The number of hydrogen-bond donors (Lipinski definition) is 2. The third-order valence-electron chi connectivity index (χ3n) is 4.58. The molecule has 3 rings (SSSR count). The standard InChI is InChI=1S/C21H23N5O4/c1-14(27)25(2)17-6-4-5-15(11-17)23-21(29)24-16-7-8-19-18(12-16)20(28)26(13-22-19)9-10-30-3/h4-8,11-13H,9-10H2,1-3H3,(H2,23,24,29). The summed E-state index contributed by atoms with van der Waals surface area (Å²) in [6.45, 7) is 2.25. The molecule has 0 aliphatic heterocycles. The van der Waals surface area contributed by atoms with E-state index in [-0.39, 0.29) is 11.5 Å². The molecule has 0 radical (unpaired) electrons. The maximum Gasteiger partial charge on any atom is 0.323 e. The summed E-state index contributed by atoms with van der Waals surface area (Å²) in [4.78, 5) is 42.3. The topological polar surface area (TPSA) is 106 Å². The molecule has 30 heavy (non-hydrogen) atoms. The highest BCUT2D eigenvalue weighted by atomic mass is 16.5. The Kier molecular flexibility index (Phi) is 6.43. The number of amides is 3. The molecule has 0 atom stereocenters. The Morgan fingerprint density at radius 1 is 1.13 bits per heavy atom. The lowest BCUT2D eigenvalue weighted by atomic mass is 10.2. The Morgan fingerprint density at radius 3 is 2.57 bits per heavy atom. The van der Waals surface area contributed by atoms with Crippen LogP contribution >= 0.6 is 0 Å². The van der Waals surface area contributed by atoms with Gasteiger partial charge >= 0.3 is 6.03 Å². The smallest absolute Gasteiger partial charge is 0.323 e. The maximum atomic E-state index is 12.6. The highest BCUT2D eigenvalue weighted by Gasteiger charge is 2.10. The number of carbonyl (C=O) groups excluding carboxylic acids is 2.